The van der Waals surface area contributed by atoms with Gasteiger partial charge in [0.2, 0.25) is 11.8 Å². The molecular formula is C25H33ClN6O3. The van der Waals surface area contributed by atoms with Crippen molar-refractivity contribution < 1.29 is 14.4 Å². The van der Waals surface area contributed by atoms with E-state index in [1.54, 1.807) is 0 Å². The van der Waals surface area contributed by atoms with Gasteiger partial charge >= 0.3 is 0 Å². The number of halogens is 1. The first kappa shape index (κ1) is 27.8. The number of alkyl halides is 1. The number of nitrogens with two attached hydrogens (primary N) is 4. The number of primary amides is 1. The Morgan fingerprint density at radius 1 is 0.857 bits per heavy atom. The lowest BCUT2D eigenvalue weighted by Crippen LogP contribution is -2.60. The van der Waals surface area contributed by atoms with Gasteiger partial charge in [-0.25, -0.2) is 0 Å². The number of hydrogen-bond acceptors (Lipinski definition) is 5. The van der Waals surface area contributed by atoms with Crippen LogP contribution in [-0.4, -0.2) is 59.0 Å². The molecule has 0 aliphatic heterocycles. The SMILES string of the molecule is NC(=O)[C@H](Cc1ccccc1)N(C(=O)[C@H](N)Cc1ccccc1)[C@@H](CCCN=C(N)N)C(=O)CCl. The average Bonchev–Trinajstić information content (AvgIpc) is 2.85. The van der Waals surface area contributed by atoms with Gasteiger partial charge in [0.25, 0.3) is 0 Å². The van der Waals surface area contributed by atoms with Crippen molar-refractivity contribution in [3.05, 3.63) is 71.8 Å². The minimum absolute atomic E-state index is 0.0814. The van der Waals surface area contributed by atoms with E-state index in [0.717, 1.165) is 11.1 Å². The Kier molecular flexibility index (Phi) is 11.2. The molecule has 0 saturated heterocycles. The Morgan fingerprint density at radius 2 is 1.40 bits per heavy atom. The van der Waals surface area contributed by atoms with E-state index in [2.05, 4.69) is 4.99 Å². The summed E-state index contributed by atoms with van der Waals surface area (Å²) in [5, 5.41) is 0. The maximum atomic E-state index is 13.7. The number of ketones is 1. The molecule has 0 aliphatic rings. The number of aliphatic imine (C=N–C) groups is 1. The third-order valence-corrected chi connectivity index (χ3v) is 5.84. The number of hydrogen-bond donors (Lipinski definition) is 4. The van der Waals surface area contributed by atoms with Crippen molar-refractivity contribution in [3.63, 3.8) is 0 Å². The molecule has 9 nitrogen and oxygen atoms in total. The van der Waals surface area contributed by atoms with Crippen LogP contribution in [0.25, 0.3) is 0 Å². The smallest absolute Gasteiger partial charge is 0.241 e. The minimum Gasteiger partial charge on any atom is -0.370 e. The fourth-order valence-corrected chi connectivity index (χ4v) is 4.06. The molecule has 0 unspecified atom stereocenters. The second kappa shape index (κ2) is 14.1. The average molecular weight is 501 g/mol. The summed E-state index contributed by atoms with van der Waals surface area (Å²) in [6.07, 6.45) is 0.910. The molecule has 35 heavy (non-hydrogen) atoms. The van der Waals surface area contributed by atoms with Crippen molar-refractivity contribution in [2.75, 3.05) is 12.4 Å². The lowest BCUT2D eigenvalue weighted by molar-refractivity contribution is -0.147. The fraction of sp³-hybridized carbons (Fsp3) is 0.360. The number of benzene rings is 2. The highest BCUT2D eigenvalue weighted by Crippen LogP contribution is 2.20. The first-order valence-corrected chi connectivity index (χ1v) is 11.9. The van der Waals surface area contributed by atoms with Crippen LogP contribution in [0.5, 0.6) is 0 Å². The summed E-state index contributed by atoms with van der Waals surface area (Å²) in [7, 11) is 0. The van der Waals surface area contributed by atoms with Crippen molar-refractivity contribution in [3.8, 4) is 0 Å². The maximum absolute atomic E-state index is 13.7. The molecular weight excluding hydrogens is 468 g/mol. The molecule has 0 spiro atoms. The van der Waals surface area contributed by atoms with E-state index in [1.807, 2.05) is 60.7 Å². The highest BCUT2D eigenvalue weighted by molar-refractivity contribution is 6.28. The summed E-state index contributed by atoms with van der Waals surface area (Å²) in [5.41, 5.74) is 24.5. The van der Waals surface area contributed by atoms with E-state index in [1.165, 1.54) is 4.90 Å². The van der Waals surface area contributed by atoms with Gasteiger partial charge in [-0.2, -0.15) is 0 Å². The molecule has 0 aliphatic carbocycles. The van der Waals surface area contributed by atoms with Crippen molar-refractivity contribution in [1.29, 1.82) is 0 Å². The fourth-order valence-electron chi connectivity index (χ4n) is 3.88. The molecule has 2 rings (SSSR count). The Balaban J connectivity index is 2.43. The van der Waals surface area contributed by atoms with Gasteiger partial charge < -0.3 is 27.8 Å². The molecule has 10 heteroatoms. The van der Waals surface area contributed by atoms with Crippen molar-refractivity contribution in [2.24, 2.45) is 27.9 Å². The lowest BCUT2D eigenvalue weighted by atomic mass is 9.96. The largest absolute Gasteiger partial charge is 0.370 e. The Labute approximate surface area is 210 Å². The summed E-state index contributed by atoms with van der Waals surface area (Å²) in [4.78, 5) is 44.5. The van der Waals surface area contributed by atoms with E-state index >= 15 is 0 Å². The zero-order valence-corrected chi connectivity index (χ0v) is 20.3. The third-order valence-electron chi connectivity index (χ3n) is 5.58. The quantitative estimate of drug-likeness (QED) is 0.129. The summed E-state index contributed by atoms with van der Waals surface area (Å²) in [6.45, 7) is 0.242. The topological polar surface area (TPSA) is 171 Å². The van der Waals surface area contributed by atoms with Crippen LogP contribution >= 0.6 is 11.6 Å². The molecule has 0 heterocycles. The van der Waals surface area contributed by atoms with Crippen LogP contribution < -0.4 is 22.9 Å². The van der Waals surface area contributed by atoms with Crippen LogP contribution in [0, 0.1) is 0 Å². The summed E-state index contributed by atoms with van der Waals surface area (Å²) < 4.78 is 0. The molecule has 0 saturated carbocycles. The monoisotopic (exact) mass is 500 g/mol. The van der Waals surface area contributed by atoms with Crippen molar-refractivity contribution in [2.45, 2.75) is 43.8 Å². The molecule has 0 aromatic heterocycles. The first-order chi connectivity index (χ1) is 16.7. The van der Waals surface area contributed by atoms with Crippen molar-refractivity contribution in [1.82, 2.24) is 4.90 Å². The second-order valence-corrected chi connectivity index (χ2v) is 8.48. The van der Waals surface area contributed by atoms with Gasteiger partial charge in [0.1, 0.15) is 6.04 Å². The van der Waals surface area contributed by atoms with Crippen LogP contribution in [0.15, 0.2) is 65.7 Å². The van der Waals surface area contributed by atoms with Crippen molar-refractivity contribution >= 4 is 35.2 Å². The number of nitrogens with zero attached hydrogens (tertiary/aromatic N) is 2. The van der Waals surface area contributed by atoms with Crippen LogP contribution in [0.4, 0.5) is 0 Å². The van der Waals surface area contributed by atoms with E-state index in [9.17, 15) is 14.4 Å². The summed E-state index contributed by atoms with van der Waals surface area (Å²) in [6, 6.07) is 15.2. The molecule has 188 valence electrons. The molecule has 0 fully saturated rings. The standard InChI is InChI=1S/C25H33ClN6O3/c26-16-22(33)20(12-7-13-31-25(29)30)32(21(23(28)34)15-18-10-5-2-6-11-18)24(35)19(27)14-17-8-3-1-4-9-17/h1-6,8-11,19-21H,7,12-16,27H2,(H2,28,34)(H4,29,30,31)/t19-,20+,21+/m1/s1. The van der Waals surface area contributed by atoms with Crippen LogP contribution in [0.2, 0.25) is 0 Å². The molecule has 0 radical (unpaired) electrons. The van der Waals surface area contributed by atoms with Gasteiger partial charge in [0.05, 0.1) is 18.0 Å². The van der Waals surface area contributed by atoms with E-state index in [4.69, 9.17) is 34.5 Å². The normalized spacial score (nSPS) is 13.3. The summed E-state index contributed by atoms with van der Waals surface area (Å²) in [5.74, 6) is -2.15. The number of carbonyl (C=O) groups is 3. The first-order valence-electron chi connectivity index (χ1n) is 11.3. The highest BCUT2D eigenvalue weighted by atomic mass is 35.5. The zero-order valence-electron chi connectivity index (χ0n) is 19.6. The van der Waals surface area contributed by atoms with E-state index < -0.39 is 35.7 Å². The number of carbonyl (C=O) groups excluding carboxylic acids is 3. The summed E-state index contributed by atoms with van der Waals surface area (Å²) >= 11 is 5.91. The van der Waals surface area contributed by atoms with Gasteiger partial charge in [0.15, 0.2) is 11.7 Å². The maximum Gasteiger partial charge on any atom is 0.241 e. The molecule has 2 aromatic rings. The number of Topliss-reactive ketones (excluding diaryl/α,β-unsaturated/α-hetero) is 1. The van der Waals surface area contributed by atoms with Crippen LogP contribution in [0.1, 0.15) is 24.0 Å². The Morgan fingerprint density at radius 3 is 1.89 bits per heavy atom. The molecule has 2 amide bonds. The Hall–Kier alpha value is -3.43. The number of guanidine groups is 1. The van der Waals surface area contributed by atoms with Gasteiger partial charge in [-0.05, 0) is 30.4 Å². The van der Waals surface area contributed by atoms with Gasteiger partial charge in [0, 0.05) is 13.0 Å². The van der Waals surface area contributed by atoms with Gasteiger partial charge in [-0.1, -0.05) is 60.7 Å². The molecule has 8 N–H and O–H groups in total. The van der Waals surface area contributed by atoms with Gasteiger partial charge in [-0.3, -0.25) is 19.4 Å². The molecule has 3 atom stereocenters. The predicted octanol–water partition coefficient (Wildman–Crippen LogP) is 0.712. The van der Waals surface area contributed by atoms with E-state index in [0.29, 0.717) is 6.42 Å². The third kappa shape index (κ3) is 8.70. The minimum atomic E-state index is -1.10. The molecule has 0 bridgehead atoms. The van der Waals surface area contributed by atoms with Crippen LogP contribution in [0.3, 0.4) is 0 Å². The zero-order chi connectivity index (χ0) is 25.8. The predicted molar refractivity (Wildman–Crippen MR) is 138 cm³/mol. The Bertz CT molecular complexity index is 999. The van der Waals surface area contributed by atoms with Crippen LogP contribution in [-0.2, 0) is 27.2 Å². The highest BCUT2D eigenvalue weighted by Gasteiger charge is 2.39. The second-order valence-electron chi connectivity index (χ2n) is 8.21. The molecule has 2 aromatic carbocycles. The number of amides is 2. The van der Waals surface area contributed by atoms with Gasteiger partial charge in [-0.15, -0.1) is 11.6 Å². The van der Waals surface area contributed by atoms with E-state index in [-0.39, 0.29) is 37.6 Å². The number of rotatable bonds is 14. The lowest BCUT2D eigenvalue weighted by Gasteiger charge is -2.37.